The minimum Gasteiger partial charge on any atom is -0.339 e. The topological polar surface area (TPSA) is 32.3 Å². The van der Waals surface area contributed by atoms with Crippen LogP contribution in [0.4, 0.5) is 0 Å². The molecule has 3 heteroatoms. The molecule has 0 radical (unpaired) electrons. The van der Waals surface area contributed by atoms with Crippen molar-refractivity contribution in [2.24, 2.45) is 11.8 Å². The molecular weight excluding hydrogens is 188 g/mol. The van der Waals surface area contributed by atoms with Gasteiger partial charge in [-0.25, -0.2) is 0 Å². The molecule has 1 atom stereocenters. The molecule has 3 fully saturated rings. The Labute approximate surface area is 91.2 Å². The molecule has 1 amide bonds. The molecular formula is C12H20N2O. The summed E-state index contributed by atoms with van der Waals surface area (Å²) in [5.74, 6) is 1.56. The van der Waals surface area contributed by atoms with Gasteiger partial charge in [-0.05, 0) is 44.6 Å². The van der Waals surface area contributed by atoms with Crippen LogP contribution in [0.3, 0.4) is 0 Å². The predicted octanol–water partition coefficient (Wildman–Crippen LogP) is 0.997. The maximum Gasteiger partial charge on any atom is 0.227 e. The maximum atomic E-state index is 12.3. The molecule has 84 valence electrons. The van der Waals surface area contributed by atoms with Crippen molar-refractivity contribution in [3.05, 3.63) is 0 Å². The largest absolute Gasteiger partial charge is 0.339 e. The lowest BCUT2D eigenvalue weighted by Crippen LogP contribution is -2.40. The molecule has 3 aliphatic rings. The fourth-order valence-corrected chi connectivity index (χ4v) is 2.48. The van der Waals surface area contributed by atoms with E-state index >= 15 is 0 Å². The Kier molecular flexibility index (Phi) is 2.43. The first-order valence-electron chi connectivity index (χ1n) is 6.36. The zero-order valence-corrected chi connectivity index (χ0v) is 9.24. The van der Waals surface area contributed by atoms with Crippen molar-refractivity contribution >= 4 is 5.91 Å². The predicted molar refractivity (Wildman–Crippen MR) is 58.4 cm³/mol. The van der Waals surface area contributed by atoms with E-state index < -0.39 is 0 Å². The Morgan fingerprint density at radius 3 is 2.53 bits per heavy atom. The highest BCUT2D eigenvalue weighted by Gasteiger charge is 2.39. The van der Waals surface area contributed by atoms with Crippen molar-refractivity contribution in [1.29, 1.82) is 0 Å². The monoisotopic (exact) mass is 208 g/mol. The SMILES string of the molecule is O=C(C1CCNC1)N(CC1CC1)C1CC1. The van der Waals surface area contributed by atoms with Crippen LogP contribution in [0.25, 0.3) is 0 Å². The van der Waals surface area contributed by atoms with Crippen LogP contribution in [-0.4, -0.2) is 36.5 Å². The van der Waals surface area contributed by atoms with Crippen LogP contribution < -0.4 is 5.32 Å². The first kappa shape index (κ1) is 9.64. The average Bonchev–Trinajstić information content (AvgIpc) is 3.14. The molecule has 3 nitrogen and oxygen atoms in total. The molecule has 1 N–H and O–H groups in total. The van der Waals surface area contributed by atoms with Gasteiger partial charge in [0.25, 0.3) is 0 Å². The Morgan fingerprint density at radius 1 is 1.20 bits per heavy atom. The van der Waals surface area contributed by atoms with Gasteiger partial charge in [0.15, 0.2) is 0 Å². The minimum absolute atomic E-state index is 0.282. The first-order valence-corrected chi connectivity index (χ1v) is 6.36. The number of nitrogens with one attached hydrogen (secondary N) is 1. The second-order valence-corrected chi connectivity index (χ2v) is 5.35. The van der Waals surface area contributed by atoms with Crippen LogP contribution in [0.1, 0.15) is 32.1 Å². The normalized spacial score (nSPS) is 30.5. The summed E-state index contributed by atoms with van der Waals surface area (Å²) in [5.41, 5.74) is 0. The van der Waals surface area contributed by atoms with Crippen molar-refractivity contribution in [1.82, 2.24) is 10.2 Å². The summed E-state index contributed by atoms with van der Waals surface area (Å²) in [6, 6.07) is 0.610. The molecule has 0 aromatic heterocycles. The molecule has 2 aliphatic carbocycles. The van der Waals surface area contributed by atoms with Gasteiger partial charge in [-0.2, -0.15) is 0 Å². The van der Waals surface area contributed by atoms with Gasteiger partial charge in [0.05, 0.1) is 5.92 Å². The number of carbonyl (C=O) groups is 1. The van der Waals surface area contributed by atoms with E-state index in [2.05, 4.69) is 10.2 Å². The van der Waals surface area contributed by atoms with E-state index in [1.807, 2.05) is 0 Å². The second kappa shape index (κ2) is 3.78. The Bertz CT molecular complexity index is 252. The number of rotatable bonds is 4. The Hall–Kier alpha value is -0.570. The van der Waals surface area contributed by atoms with Gasteiger partial charge >= 0.3 is 0 Å². The van der Waals surface area contributed by atoms with Gasteiger partial charge < -0.3 is 10.2 Å². The molecule has 1 unspecified atom stereocenters. The van der Waals surface area contributed by atoms with Gasteiger partial charge in [0.2, 0.25) is 5.91 Å². The molecule has 1 heterocycles. The summed E-state index contributed by atoms with van der Waals surface area (Å²) in [4.78, 5) is 14.5. The Morgan fingerprint density at radius 2 is 2.00 bits per heavy atom. The van der Waals surface area contributed by atoms with E-state index in [0.717, 1.165) is 32.0 Å². The van der Waals surface area contributed by atoms with Crippen LogP contribution in [0.2, 0.25) is 0 Å². The number of hydrogen-bond acceptors (Lipinski definition) is 2. The Balaban J connectivity index is 1.61. The molecule has 15 heavy (non-hydrogen) atoms. The molecule has 3 rings (SSSR count). The average molecular weight is 208 g/mol. The fourth-order valence-electron chi connectivity index (χ4n) is 2.48. The quantitative estimate of drug-likeness (QED) is 0.747. The molecule has 0 aromatic carbocycles. The van der Waals surface area contributed by atoms with E-state index in [-0.39, 0.29) is 5.92 Å². The van der Waals surface area contributed by atoms with Crippen molar-refractivity contribution in [3.8, 4) is 0 Å². The van der Waals surface area contributed by atoms with E-state index in [1.54, 1.807) is 0 Å². The van der Waals surface area contributed by atoms with Gasteiger partial charge in [-0.15, -0.1) is 0 Å². The lowest BCUT2D eigenvalue weighted by molar-refractivity contribution is -0.135. The standard InChI is InChI=1S/C12H20N2O/c15-12(10-5-6-13-7-10)14(11-3-4-11)8-9-1-2-9/h9-11,13H,1-8H2. The van der Waals surface area contributed by atoms with Crippen LogP contribution in [0.5, 0.6) is 0 Å². The number of amides is 1. The molecule has 0 bridgehead atoms. The summed E-state index contributed by atoms with van der Waals surface area (Å²) >= 11 is 0. The van der Waals surface area contributed by atoms with Gasteiger partial charge in [0, 0.05) is 19.1 Å². The number of hydrogen-bond donors (Lipinski definition) is 1. The fraction of sp³-hybridized carbons (Fsp3) is 0.917. The molecule has 0 aromatic rings. The molecule has 1 aliphatic heterocycles. The number of nitrogens with zero attached hydrogens (tertiary/aromatic N) is 1. The van der Waals surface area contributed by atoms with E-state index in [1.165, 1.54) is 25.7 Å². The maximum absolute atomic E-state index is 12.3. The summed E-state index contributed by atoms with van der Waals surface area (Å²) in [6.07, 6.45) is 6.24. The molecule has 2 saturated carbocycles. The highest BCUT2D eigenvalue weighted by molar-refractivity contribution is 5.80. The van der Waals surface area contributed by atoms with E-state index in [9.17, 15) is 4.79 Å². The van der Waals surface area contributed by atoms with E-state index in [0.29, 0.717) is 11.9 Å². The lowest BCUT2D eigenvalue weighted by atomic mass is 10.1. The van der Waals surface area contributed by atoms with Crippen LogP contribution in [0.15, 0.2) is 0 Å². The van der Waals surface area contributed by atoms with Gasteiger partial charge in [0.1, 0.15) is 0 Å². The third kappa shape index (κ3) is 2.17. The highest BCUT2D eigenvalue weighted by atomic mass is 16.2. The van der Waals surface area contributed by atoms with Gasteiger partial charge in [-0.1, -0.05) is 0 Å². The summed E-state index contributed by atoms with van der Waals surface area (Å²) < 4.78 is 0. The number of carbonyl (C=O) groups excluding carboxylic acids is 1. The lowest BCUT2D eigenvalue weighted by Gasteiger charge is -2.25. The summed E-state index contributed by atoms with van der Waals surface area (Å²) in [7, 11) is 0. The third-order valence-corrected chi connectivity index (χ3v) is 3.83. The van der Waals surface area contributed by atoms with Crippen molar-refractivity contribution in [3.63, 3.8) is 0 Å². The molecule has 1 saturated heterocycles. The second-order valence-electron chi connectivity index (χ2n) is 5.35. The molecule has 0 spiro atoms. The summed E-state index contributed by atoms with van der Waals surface area (Å²) in [5, 5.41) is 3.29. The van der Waals surface area contributed by atoms with Crippen LogP contribution >= 0.6 is 0 Å². The zero-order valence-electron chi connectivity index (χ0n) is 9.24. The van der Waals surface area contributed by atoms with Crippen LogP contribution in [-0.2, 0) is 4.79 Å². The van der Waals surface area contributed by atoms with Crippen molar-refractivity contribution in [2.75, 3.05) is 19.6 Å². The van der Waals surface area contributed by atoms with Crippen LogP contribution in [0, 0.1) is 11.8 Å². The van der Waals surface area contributed by atoms with Gasteiger partial charge in [-0.3, -0.25) is 4.79 Å². The third-order valence-electron chi connectivity index (χ3n) is 3.83. The van der Waals surface area contributed by atoms with Crippen molar-refractivity contribution in [2.45, 2.75) is 38.1 Å². The highest BCUT2D eigenvalue weighted by Crippen LogP contribution is 2.35. The summed E-state index contributed by atoms with van der Waals surface area (Å²) in [6.45, 7) is 2.99. The minimum atomic E-state index is 0.282. The smallest absolute Gasteiger partial charge is 0.227 e. The van der Waals surface area contributed by atoms with E-state index in [4.69, 9.17) is 0 Å². The van der Waals surface area contributed by atoms with Crippen molar-refractivity contribution < 1.29 is 4.79 Å². The zero-order chi connectivity index (χ0) is 10.3. The first-order chi connectivity index (χ1) is 7.34.